The molecule has 1 aliphatic heterocycles. The normalized spacial score (nSPS) is 12.9. The fraction of sp³-hybridized carbons (Fsp3) is 0.172. The van der Waals surface area contributed by atoms with Gasteiger partial charge in [-0.25, -0.2) is 4.52 Å². The lowest BCUT2D eigenvalue weighted by Gasteiger charge is -2.10. The second-order valence-electron chi connectivity index (χ2n) is 9.15. The van der Waals surface area contributed by atoms with Crippen molar-refractivity contribution in [1.82, 2.24) is 14.2 Å². The quantitative estimate of drug-likeness (QED) is 0.207. The van der Waals surface area contributed by atoms with Crippen molar-refractivity contribution in [2.24, 2.45) is 0 Å². The van der Waals surface area contributed by atoms with E-state index in [4.69, 9.17) is 5.10 Å². The maximum Gasteiger partial charge on any atom is 0.275 e. The lowest BCUT2D eigenvalue weighted by atomic mass is 9.98. The largest absolute Gasteiger partial charge is 0.378 e. The fourth-order valence-corrected chi connectivity index (χ4v) is 5.56. The highest BCUT2D eigenvalue weighted by molar-refractivity contribution is 9.10. The SMILES string of the molecule is O=C(Nc1ccccc1)c1c(-c2ccc(Br)cc2)c2c3n(c(CNc4ccc(Br)cc4)nn13)CCCC2. The summed E-state index contributed by atoms with van der Waals surface area (Å²) in [6.45, 7) is 1.44. The molecular formula is C29H25Br2N5O. The molecule has 0 unspecified atom stereocenters. The number of rotatable bonds is 6. The van der Waals surface area contributed by atoms with Crippen LogP contribution >= 0.6 is 31.9 Å². The van der Waals surface area contributed by atoms with Crippen molar-refractivity contribution in [2.45, 2.75) is 32.4 Å². The zero-order valence-electron chi connectivity index (χ0n) is 20.0. The van der Waals surface area contributed by atoms with Gasteiger partial charge < -0.3 is 15.2 Å². The van der Waals surface area contributed by atoms with E-state index < -0.39 is 0 Å². The summed E-state index contributed by atoms with van der Waals surface area (Å²) in [5.41, 5.74) is 6.53. The Morgan fingerprint density at radius 1 is 0.865 bits per heavy atom. The predicted octanol–water partition coefficient (Wildman–Crippen LogP) is 7.53. The predicted molar refractivity (Wildman–Crippen MR) is 155 cm³/mol. The molecule has 3 heterocycles. The molecule has 6 rings (SSSR count). The molecular weight excluding hydrogens is 594 g/mol. The van der Waals surface area contributed by atoms with E-state index >= 15 is 0 Å². The van der Waals surface area contributed by atoms with Gasteiger partial charge in [-0.15, -0.1) is 0 Å². The van der Waals surface area contributed by atoms with Crippen LogP contribution in [-0.4, -0.2) is 20.1 Å². The molecule has 0 saturated heterocycles. The number of carbonyl (C=O) groups excluding carboxylic acids is 1. The van der Waals surface area contributed by atoms with Crippen molar-refractivity contribution < 1.29 is 4.79 Å². The summed E-state index contributed by atoms with van der Waals surface area (Å²) in [6.07, 6.45) is 3.03. The first-order chi connectivity index (χ1) is 18.1. The minimum Gasteiger partial charge on any atom is -0.378 e. The highest BCUT2D eigenvalue weighted by Gasteiger charge is 2.30. The number of carbonyl (C=O) groups is 1. The van der Waals surface area contributed by atoms with Crippen LogP contribution in [0.25, 0.3) is 16.8 Å². The third-order valence-electron chi connectivity index (χ3n) is 6.74. The molecule has 8 heteroatoms. The number of aromatic nitrogens is 3. The summed E-state index contributed by atoms with van der Waals surface area (Å²) < 4.78 is 6.20. The minimum absolute atomic E-state index is 0.164. The molecule has 0 bridgehead atoms. The molecule has 5 aromatic rings. The van der Waals surface area contributed by atoms with E-state index in [-0.39, 0.29) is 5.91 Å². The molecule has 0 fully saturated rings. The van der Waals surface area contributed by atoms with E-state index in [1.807, 2.05) is 71.2 Å². The number of para-hydroxylation sites is 1. The number of amides is 1. The van der Waals surface area contributed by atoms with Crippen molar-refractivity contribution in [3.63, 3.8) is 0 Å². The first kappa shape index (κ1) is 24.0. The number of nitrogens with one attached hydrogen (secondary N) is 2. The number of anilines is 2. The van der Waals surface area contributed by atoms with Gasteiger partial charge in [-0.05, 0) is 73.4 Å². The van der Waals surface area contributed by atoms with Gasteiger partial charge in [0.05, 0.1) is 6.54 Å². The van der Waals surface area contributed by atoms with Crippen LogP contribution in [0.4, 0.5) is 11.4 Å². The Kier molecular flexibility index (Phi) is 6.61. The van der Waals surface area contributed by atoms with Gasteiger partial charge in [0.15, 0.2) is 5.82 Å². The smallest absolute Gasteiger partial charge is 0.275 e. The third-order valence-corrected chi connectivity index (χ3v) is 7.79. The lowest BCUT2D eigenvalue weighted by Crippen LogP contribution is -2.16. The average molecular weight is 619 g/mol. The number of halogens is 2. The molecule has 37 heavy (non-hydrogen) atoms. The summed E-state index contributed by atoms with van der Waals surface area (Å²) in [7, 11) is 0. The van der Waals surface area contributed by atoms with E-state index in [2.05, 4.69) is 59.2 Å². The molecule has 2 aromatic heterocycles. The van der Waals surface area contributed by atoms with Gasteiger partial charge in [-0.3, -0.25) is 4.79 Å². The van der Waals surface area contributed by atoms with E-state index in [9.17, 15) is 4.79 Å². The third kappa shape index (κ3) is 4.71. The van der Waals surface area contributed by atoms with Crippen LogP contribution in [0.3, 0.4) is 0 Å². The zero-order valence-corrected chi connectivity index (χ0v) is 23.2. The van der Waals surface area contributed by atoms with E-state index in [1.54, 1.807) is 0 Å². The number of aryl methyl sites for hydroxylation is 2. The lowest BCUT2D eigenvalue weighted by molar-refractivity contribution is 0.102. The Balaban J connectivity index is 1.49. The second-order valence-corrected chi connectivity index (χ2v) is 11.0. The van der Waals surface area contributed by atoms with Gasteiger partial charge in [-0.2, -0.15) is 5.10 Å². The number of hydrogen-bond acceptors (Lipinski definition) is 3. The van der Waals surface area contributed by atoms with Gasteiger partial charge in [0.25, 0.3) is 5.91 Å². The van der Waals surface area contributed by atoms with Crippen molar-refractivity contribution in [3.8, 4) is 11.1 Å². The Morgan fingerprint density at radius 3 is 2.30 bits per heavy atom. The van der Waals surface area contributed by atoms with E-state index in [0.29, 0.717) is 12.2 Å². The Morgan fingerprint density at radius 2 is 1.57 bits per heavy atom. The molecule has 0 spiro atoms. The van der Waals surface area contributed by atoms with Crippen LogP contribution in [0.5, 0.6) is 0 Å². The van der Waals surface area contributed by atoms with Crippen LogP contribution in [0.2, 0.25) is 0 Å². The fourth-order valence-electron chi connectivity index (χ4n) is 5.03. The van der Waals surface area contributed by atoms with Crippen molar-refractivity contribution in [1.29, 1.82) is 0 Å². The first-order valence-electron chi connectivity index (χ1n) is 12.3. The highest BCUT2D eigenvalue weighted by Crippen LogP contribution is 2.37. The molecule has 0 aliphatic carbocycles. The first-order valence-corrected chi connectivity index (χ1v) is 13.9. The van der Waals surface area contributed by atoms with Gasteiger partial charge in [0.1, 0.15) is 11.3 Å². The zero-order chi connectivity index (χ0) is 25.4. The molecule has 0 saturated carbocycles. The average Bonchev–Trinajstić information content (AvgIpc) is 3.31. The number of nitrogens with zero attached hydrogens (tertiary/aromatic N) is 3. The van der Waals surface area contributed by atoms with Crippen LogP contribution in [0.15, 0.2) is 87.8 Å². The van der Waals surface area contributed by atoms with Crippen molar-refractivity contribution >= 4 is 54.8 Å². The summed E-state index contributed by atoms with van der Waals surface area (Å²) in [5.74, 6) is 0.750. The van der Waals surface area contributed by atoms with E-state index in [0.717, 1.165) is 68.7 Å². The van der Waals surface area contributed by atoms with Crippen LogP contribution in [-0.2, 0) is 19.5 Å². The number of hydrogen-bond donors (Lipinski definition) is 2. The number of benzene rings is 3. The molecule has 0 atom stereocenters. The molecule has 1 aliphatic rings. The molecule has 2 N–H and O–H groups in total. The molecule has 186 valence electrons. The summed E-state index contributed by atoms with van der Waals surface area (Å²) in [4.78, 5) is 13.8. The Hall–Kier alpha value is -3.36. The second kappa shape index (κ2) is 10.2. The van der Waals surface area contributed by atoms with Gasteiger partial charge in [-0.1, -0.05) is 62.2 Å². The van der Waals surface area contributed by atoms with E-state index in [1.165, 1.54) is 5.56 Å². The van der Waals surface area contributed by atoms with Crippen molar-refractivity contribution in [3.05, 3.63) is 105 Å². The Labute approximate surface area is 232 Å². The Bertz CT molecular complexity index is 1570. The summed E-state index contributed by atoms with van der Waals surface area (Å²) in [6, 6.07) is 25.9. The van der Waals surface area contributed by atoms with Crippen molar-refractivity contribution in [2.75, 3.05) is 10.6 Å². The summed E-state index contributed by atoms with van der Waals surface area (Å²) in [5, 5.41) is 11.6. The van der Waals surface area contributed by atoms with Gasteiger partial charge in [0.2, 0.25) is 0 Å². The van der Waals surface area contributed by atoms with Gasteiger partial charge >= 0.3 is 0 Å². The molecule has 3 aromatic carbocycles. The topological polar surface area (TPSA) is 63.4 Å². The standard InChI is InChI=1S/C29H25Br2N5O/c30-20-11-9-19(10-12-20)26-24-8-4-5-17-35-25(18-32-22-15-13-21(31)14-16-22)34-36(29(24)35)27(26)28(37)33-23-6-2-1-3-7-23/h1-3,6-7,9-16,32H,4-5,8,17-18H2,(H,33,37). The highest BCUT2D eigenvalue weighted by atomic mass is 79.9. The summed E-state index contributed by atoms with van der Waals surface area (Å²) >= 11 is 7.04. The minimum atomic E-state index is -0.164. The molecule has 6 nitrogen and oxygen atoms in total. The maximum absolute atomic E-state index is 13.8. The maximum atomic E-state index is 13.8. The van der Waals surface area contributed by atoms with Crippen LogP contribution < -0.4 is 10.6 Å². The monoisotopic (exact) mass is 617 g/mol. The van der Waals surface area contributed by atoms with Gasteiger partial charge in [0, 0.05) is 38.0 Å². The molecule has 0 radical (unpaired) electrons. The molecule has 1 amide bonds. The van der Waals surface area contributed by atoms with Crippen LogP contribution in [0, 0.1) is 0 Å². The van der Waals surface area contributed by atoms with Crippen LogP contribution in [0.1, 0.15) is 34.7 Å².